The Morgan fingerprint density at radius 1 is 1.26 bits per heavy atom. The third-order valence-corrected chi connectivity index (χ3v) is 6.57. The van der Waals surface area contributed by atoms with Gasteiger partial charge >= 0.3 is 0 Å². The summed E-state index contributed by atoms with van der Waals surface area (Å²) in [5.74, 6) is -0.208. The van der Waals surface area contributed by atoms with Gasteiger partial charge in [-0.25, -0.2) is 8.42 Å². The fourth-order valence-corrected chi connectivity index (χ4v) is 4.73. The van der Waals surface area contributed by atoms with Crippen LogP contribution >= 0.6 is 0 Å². The number of carbonyl (C=O) groups is 1. The minimum atomic E-state index is -3.97. The van der Waals surface area contributed by atoms with Crippen LogP contribution in [0.2, 0.25) is 0 Å². The van der Waals surface area contributed by atoms with Crippen molar-refractivity contribution in [3.63, 3.8) is 0 Å². The summed E-state index contributed by atoms with van der Waals surface area (Å²) in [6.07, 6.45) is 2.22. The summed E-state index contributed by atoms with van der Waals surface area (Å²) in [7, 11) is -3.97. The number of sulfonamides is 1. The van der Waals surface area contributed by atoms with Crippen LogP contribution in [0.25, 0.3) is 0 Å². The van der Waals surface area contributed by atoms with Gasteiger partial charge in [-0.05, 0) is 25.3 Å². The third kappa shape index (κ3) is 4.37. The van der Waals surface area contributed by atoms with Gasteiger partial charge in [-0.3, -0.25) is 14.9 Å². The average molecular weight is 398 g/mol. The van der Waals surface area contributed by atoms with E-state index in [1.165, 1.54) is 16.4 Å². The van der Waals surface area contributed by atoms with Gasteiger partial charge in [0.15, 0.2) is 0 Å². The maximum absolute atomic E-state index is 13.1. The van der Waals surface area contributed by atoms with E-state index in [0.717, 1.165) is 18.9 Å². The van der Waals surface area contributed by atoms with Crippen molar-refractivity contribution in [3.8, 4) is 0 Å². The predicted octanol–water partition coefficient (Wildman–Crippen LogP) is 0.696. The highest BCUT2D eigenvalue weighted by atomic mass is 32.2. The summed E-state index contributed by atoms with van der Waals surface area (Å²) in [6, 6.07) is 3.04. The standard InChI is InChI=1S/C16H22N4O6S/c21-16-14(3-1-2-6-17-16)18-13-5-4-12(20(22)23)11-15(13)27(24,25)19-7-9-26-10-8-19/h4-5,11,14,18H,1-3,6-10H2,(H,17,21). The first kappa shape index (κ1) is 19.5. The number of benzene rings is 1. The number of anilines is 1. The van der Waals surface area contributed by atoms with Gasteiger partial charge < -0.3 is 15.4 Å². The number of nitrogens with one attached hydrogen (secondary N) is 2. The number of ether oxygens (including phenoxy) is 1. The van der Waals surface area contributed by atoms with Gasteiger partial charge in [0.2, 0.25) is 15.9 Å². The fraction of sp³-hybridized carbons (Fsp3) is 0.562. The molecule has 1 aromatic rings. The van der Waals surface area contributed by atoms with Crippen LogP contribution in [-0.2, 0) is 19.6 Å². The summed E-state index contributed by atoms with van der Waals surface area (Å²) in [4.78, 5) is 22.5. The number of rotatable bonds is 5. The molecule has 1 unspecified atom stereocenters. The lowest BCUT2D eigenvalue weighted by Gasteiger charge is -2.27. The molecular formula is C16H22N4O6S. The minimum absolute atomic E-state index is 0.175. The van der Waals surface area contributed by atoms with Crippen molar-refractivity contribution in [1.82, 2.24) is 9.62 Å². The van der Waals surface area contributed by atoms with E-state index in [1.807, 2.05) is 0 Å². The number of morpholine rings is 1. The maximum Gasteiger partial charge on any atom is 0.270 e. The van der Waals surface area contributed by atoms with Crippen LogP contribution in [-0.4, -0.2) is 62.4 Å². The van der Waals surface area contributed by atoms with Crippen LogP contribution in [0.15, 0.2) is 23.1 Å². The Hall–Kier alpha value is -2.24. The van der Waals surface area contributed by atoms with E-state index >= 15 is 0 Å². The third-order valence-electron chi connectivity index (χ3n) is 4.63. The molecule has 2 fully saturated rings. The summed E-state index contributed by atoms with van der Waals surface area (Å²) in [6.45, 7) is 1.46. The smallest absolute Gasteiger partial charge is 0.270 e. The number of non-ortho nitro benzene ring substituents is 1. The zero-order chi connectivity index (χ0) is 19.4. The summed E-state index contributed by atoms with van der Waals surface area (Å²) in [5.41, 5.74) is -0.133. The van der Waals surface area contributed by atoms with Gasteiger partial charge in [-0.15, -0.1) is 0 Å². The number of carbonyl (C=O) groups excluding carboxylic acids is 1. The van der Waals surface area contributed by atoms with E-state index < -0.39 is 21.0 Å². The van der Waals surface area contributed by atoms with Crippen LogP contribution in [0.4, 0.5) is 11.4 Å². The molecule has 2 saturated heterocycles. The topological polar surface area (TPSA) is 131 Å². The highest BCUT2D eigenvalue weighted by molar-refractivity contribution is 7.89. The summed E-state index contributed by atoms with van der Waals surface area (Å²) < 4.78 is 32.6. The second-order valence-electron chi connectivity index (χ2n) is 6.44. The molecule has 0 aromatic heterocycles. The van der Waals surface area contributed by atoms with E-state index in [-0.39, 0.29) is 48.5 Å². The maximum atomic E-state index is 13.1. The first-order chi connectivity index (χ1) is 12.9. The van der Waals surface area contributed by atoms with Crippen LogP contribution in [0, 0.1) is 10.1 Å². The van der Waals surface area contributed by atoms with Gasteiger partial charge in [-0.2, -0.15) is 4.31 Å². The Kier molecular flexibility index (Phi) is 5.92. The number of nitrogens with zero attached hydrogens (tertiary/aromatic N) is 2. The van der Waals surface area contributed by atoms with Crippen molar-refractivity contribution in [3.05, 3.63) is 28.3 Å². The van der Waals surface area contributed by atoms with E-state index in [0.29, 0.717) is 13.0 Å². The van der Waals surface area contributed by atoms with E-state index in [4.69, 9.17) is 4.74 Å². The molecular weight excluding hydrogens is 376 g/mol. The molecule has 2 N–H and O–H groups in total. The molecule has 2 aliphatic rings. The minimum Gasteiger partial charge on any atom is -0.379 e. The van der Waals surface area contributed by atoms with Gasteiger partial charge in [0.05, 0.1) is 23.8 Å². The summed E-state index contributed by atoms with van der Waals surface area (Å²) >= 11 is 0. The van der Waals surface area contributed by atoms with Gasteiger partial charge in [-0.1, -0.05) is 0 Å². The largest absolute Gasteiger partial charge is 0.379 e. The lowest BCUT2D eigenvalue weighted by atomic mass is 10.1. The van der Waals surface area contributed by atoms with E-state index in [1.54, 1.807) is 0 Å². The molecule has 0 spiro atoms. The Labute approximate surface area is 157 Å². The molecule has 27 heavy (non-hydrogen) atoms. The number of amides is 1. The quantitative estimate of drug-likeness (QED) is 0.551. The molecule has 3 rings (SSSR count). The lowest BCUT2D eigenvalue weighted by molar-refractivity contribution is -0.385. The Morgan fingerprint density at radius 2 is 2.00 bits per heavy atom. The number of hydrogen-bond acceptors (Lipinski definition) is 7. The number of nitro groups is 1. The molecule has 2 aliphatic heterocycles. The molecule has 2 heterocycles. The fourth-order valence-electron chi connectivity index (χ4n) is 3.15. The summed E-state index contributed by atoms with van der Waals surface area (Å²) in [5, 5.41) is 16.9. The monoisotopic (exact) mass is 398 g/mol. The van der Waals surface area contributed by atoms with Crippen LogP contribution in [0.1, 0.15) is 19.3 Å². The van der Waals surface area contributed by atoms with Gasteiger partial charge in [0.25, 0.3) is 5.69 Å². The van der Waals surface area contributed by atoms with Gasteiger partial charge in [0, 0.05) is 31.8 Å². The van der Waals surface area contributed by atoms with Crippen molar-refractivity contribution in [2.24, 2.45) is 0 Å². The van der Waals surface area contributed by atoms with Gasteiger partial charge in [0.1, 0.15) is 10.9 Å². The molecule has 0 radical (unpaired) electrons. The molecule has 11 heteroatoms. The molecule has 10 nitrogen and oxygen atoms in total. The molecule has 1 amide bonds. The second kappa shape index (κ2) is 8.19. The predicted molar refractivity (Wildman–Crippen MR) is 96.9 cm³/mol. The van der Waals surface area contributed by atoms with Crippen molar-refractivity contribution in [2.75, 3.05) is 38.2 Å². The van der Waals surface area contributed by atoms with E-state index in [2.05, 4.69) is 10.6 Å². The molecule has 0 aliphatic carbocycles. The SMILES string of the molecule is O=C1NCCCCC1Nc1ccc([N+](=O)[O-])cc1S(=O)(=O)N1CCOCC1. The first-order valence-corrected chi connectivity index (χ1v) is 10.2. The highest BCUT2D eigenvalue weighted by Gasteiger charge is 2.32. The average Bonchev–Trinajstić information content (AvgIpc) is 2.87. The first-order valence-electron chi connectivity index (χ1n) is 8.80. The molecule has 0 saturated carbocycles. The highest BCUT2D eigenvalue weighted by Crippen LogP contribution is 2.30. The molecule has 0 bridgehead atoms. The molecule has 1 aromatic carbocycles. The number of nitro benzene ring substituents is 1. The Bertz CT molecular complexity index is 822. The number of hydrogen-bond donors (Lipinski definition) is 2. The lowest BCUT2D eigenvalue weighted by Crippen LogP contribution is -2.41. The van der Waals surface area contributed by atoms with Crippen LogP contribution in [0.5, 0.6) is 0 Å². The van der Waals surface area contributed by atoms with Crippen molar-refractivity contribution in [1.29, 1.82) is 0 Å². The van der Waals surface area contributed by atoms with Crippen LogP contribution in [0.3, 0.4) is 0 Å². The van der Waals surface area contributed by atoms with Crippen LogP contribution < -0.4 is 10.6 Å². The molecule has 1 atom stereocenters. The normalized spacial score (nSPS) is 21.9. The Morgan fingerprint density at radius 3 is 2.70 bits per heavy atom. The van der Waals surface area contributed by atoms with E-state index in [9.17, 15) is 23.3 Å². The van der Waals surface area contributed by atoms with Crippen molar-refractivity contribution in [2.45, 2.75) is 30.2 Å². The zero-order valence-electron chi connectivity index (χ0n) is 14.7. The zero-order valence-corrected chi connectivity index (χ0v) is 15.5. The molecule has 148 valence electrons. The second-order valence-corrected chi connectivity index (χ2v) is 8.34. The Balaban J connectivity index is 1.97. The van der Waals surface area contributed by atoms with Crippen molar-refractivity contribution < 1.29 is 22.9 Å². The van der Waals surface area contributed by atoms with Crippen molar-refractivity contribution >= 4 is 27.3 Å².